The third-order valence-corrected chi connectivity index (χ3v) is 2.16. The molecule has 1 aromatic rings. The summed E-state index contributed by atoms with van der Waals surface area (Å²) in [5.41, 5.74) is 0.971. The Morgan fingerprint density at radius 3 is 2.77 bits per heavy atom. The summed E-state index contributed by atoms with van der Waals surface area (Å²) in [6, 6.07) is 9.21. The third-order valence-electron chi connectivity index (χ3n) is 1.79. The Morgan fingerprint density at radius 1 is 1.46 bits per heavy atom. The molecule has 2 nitrogen and oxygen atoms in total. The van der Waals surface area contributed by atoms with Gasteiger partial charge >= 0.3 is 0 Å². The van der Waals surface area contributed by atoms with Gasteiger partial charge in [-0.05, 0) is 24.5 Å². The first-order valence-corrected chi connectivity index (χ1v) is 4.43. The monoisotopic (exact) mass is 195 g/mol. The van der Waals surface area contributed by atoms with Crippen LogP contribution in [0.2, 0.25) is 5.02 Å². The molecule has 0 spiro atoms. The molecule has 0 amide bonds. The van der Waals surface area contributed by atoms with E-state index in [-0.39, 0.29) is 0 Å². The van der Waals surface area contributed by atoms with E-state index in [1.54, 1.807) is 12.1 Å². The second-order valence-corrected chi connectivity index (χ2v) is 3.18. The van der Waals surface area contributed by atoms with Crippen LogP contribution in [0.25, 0.3) is 0 Å². The molecule has 1 atom stereocenters. The van der Waals surface area contributed by atoms with Gasteiger partial charge in [-0.15, -0.1) is 0 Å². The predicted molar refractivity (Wildman–Crippen MR) is 51.4 cm³/mol. The van der Waals surface area contributed by atoms with E-state index in [0.29, 0.717) is 17.9 Å². The Hall–Kier alpha value is -1.04. The minimum atomic E-state index is -0.892. The van der Waals surface area contributed by atoms with E-state index in [0.717, 1.165) is 5.56 Å². The summed E-state index contributed by atoms with van der Waals surface area (Å²) >= 11 is 5.89. The zero-order valence-electron chi connectivity index (χ0n) is 7.07. The van der Waals surface area contributed by atoms with Crippen LogP contribution in [0.1, 0.15) is 12.0 Å². The quantitative estimate of drug-likeness (QED) is 0.752. The highest BCUT2D eigenvalue weighted by Gasteiger charge is 2.03. The van der Waals surface area contributed by atoms with Crippen LogP contribution < -0.4 is 0 Å². The Morgan fingerprint density at radius 2 is 2.15 bits per heavy atom. The molecular formula is C10H10ClNO. The lowest BCUT2D eigenvalue weighted by Crippen LogP contribution is -2.04. The number of aliphatic hydroxyl groups excluding tert-OH is 1. The van der Waals surface area contributed by atoms with Crippen molar-refractivity contribution < 1.29 is 5.11 Å². The van der Waals surface area contributed by atoms with E-state index >= 15 is 0 Å². The van der Waals surface area contributed by atoms with Crippen LogP contribution in [-0.2, 0) is 6.42 Å². The zero-order chi connectivity index (χ0) is 9.68. The Labute approximate surface area is 82.4 Å². The lowest BCUT2D eigenvalue weighted by Gasteiger charge is -2.03. The highest BCUT2D eigenvalue weighted by molar-refractivity contribution is 6.31. The summed E-state index contributed by atoms with van der Waals surface area (Å²) < 4.78 is 0. The molecule has 0 fully saturated rings. The van der Waals surface area contributed by atoms with Crippen molar-refractivity contribution >= 4 is 11.6 Å². The second kappa shape index (κ2) is 4.86. The van der Waals surface area contributed by atoms with Gasteiger partial charge in [0.2, 0.25) is 0 Å². The average Bonchev–Trinajstić information content (AvgIpc) is 2.16. The lowest BCUT2D eigenvalue weighted by atomic mass is 10.1. The Kier molecular flexibility index (Phi) is 3.75. The minimum absolute atomic E-state index is 0.431. The average molecular weight is 196 g/mol. The summed E-state index contributed by atoms with van der Waals surface area (Å²) in [4.78, 5) is 0. The maximum Gasteiger partial charge on any atom is 0.140 e. The molecule has 0 bridgehead atoms. The molecule has 0 saturated carbocycles. The summed E-state index contributed by atoms with van der Waals surface area (Å²) in [6.07, 6.45) is 0.172. The highest BCUT2D eigenvalue weighted by atomic mass is 35.5. The van der Waals surface area contributed by atoms with Gasteiger partial charge in [0.1, 0.15) is 6.10 Å². The number of aliphatic hydroxyl groups is 1. The maximum atomic E-state index is 9.01. The molecular weight excluding hydrogens is 186 g/mol. The van der Waals surface area contributed by atoms with Crippen LogP contribution in [0.15, 0.2) is 24.3 Å². The van der Waals surface area contributed by atoms with Gasteiger partial charge in [0.25, 0.3) is 0 Å². The first-order chi connectivity index (χ1) is 6.24. The molecule has 0 saturated heterocycles. The fraction of sp³-hybridized carbons (Fsp3) is 0.300. The Balaban J connectivity index is 2.56. The van der Waals surface area contributed by atoms with Gasteiger partial charge in [-0.1, -0.05) is 29.8 Å². The van der Waals surface area contributed by atoms with Crippen molar-refractivity contribution in [3.8, 4) is 6.07 Å². The van der Waals surface area contributed by atoms with Crippen molar-refractivity contribution in [1.82, 2.24) is 0 Å². The SMILES string of the molecule is N#CC(O)CCc1ccccc1Cl. The van der Waals surface area contributed by atoms with Crippen molar-refractivity contribution in [2.45, 2.75) is 18.9 Å². The van der Waals surface area contributed by atoms with E-state index in [2.05, 4.69) is 0 Å². The molecule has 0 aromatic heterocycles. The lowest BCUT2D eigenvalue weighted by molar-refractivity contribution is 0.220. The van der Waals surface area contributed by atoms with Crippen LogP contribution in [-0.4, -0.2) is 11.2 Å². The van der Waals surface area contributed by atoms with Gasteiger partial charge in [-0.3, -0.25) is 0 Å². The molecule has 0 aliphatic carbocycles. The van der Waals surface area contributed by atoms with Gasteiger partial charge in [-0.25, -0.2) is 0 Å². The van der Waals surface area contributed by atoms with Gasteiger partial charge in [0, 0.05) is 5.02 Å². The second-order valence-electron chi connectivity index (χ2n) is 2.77. The molecule has 0 radical (unpaired) electrons. The van der Waals surface area contributed by atoms with Gasteiger partial charge < -0.3 is 5.11 Å². The first-order valence-electron chi connectivity index (χ1n) is 4.05. The van der Waals surface area contributed by atoms with E-state index < -0.39 is 6.10 Å². The topological polar surface area (TPSA) is 44.0 Å². The molecule has 0 heterocycles. The van der Waals surface area contributed by atoms with E-state index in [9.17, 15) is 0 Å². The normalized spacial score (nSPS) is 12.1. The van der Waals surface area contributed by atoms with Gasteiger partial charge in [0.15, 0.2) is 0 Å². The van der Waals surface area contributed by atoms with Crippen molar-refractivity contribution in [3.63, 3.8) is 0 Å². The van der Waals surface area contributed by atoms with Crippen LogP contribution in [0.4, 0.5) is 0 Å². The molecule has 0 aliphatic rings. The largest absolute Gasteiger partial charge is 0.378 e. The maximum absolute atomic E-state index is 9.01. The van der Waals surface area contributed by atoms with Crippen LogP contribution in [0, 0.1) is 11.3 Å². The molecule has 0 aliphatic heterocycles. The van der Waals surface area contributed by atoms with E-state index in [4.69, 9.17) is 22.0 Å². The highest BCUT2D eigenvalue weighted by Crippen LogP contribution is 2.16. The third kappa shape index (κ3) is 3.06. The summed E-state index contributed by atoms with van der Waals surface area (Å²) in [6.45, 7) is 0. The van der Waals surface area contributed by atoms with Crippen molar-refractivity contribution in [3.05, 3.63) is 34.9 Å². The molecule has 13 heavy (non-hydrogen) atoms. The van der Waals surface area contributed by atoms with Gasteiger partial charge in [0.05, 0.1) is 6.07 Å². The zero-order valence-corrected chi connectivity index (χ0v) is 7.83. The fourth-order valence-corrected chi connectivity index (χ4v) is 1.29. The molecule has 68 valence electrons. The standard InChI is InChI=1S/C10H10ClNO/c11-10-4-2-1-3-8(10)5-6-9(13)7-12/h1-4,9,13H,5-6H2. The van der Waals surface area contributed by atoms with Crippen molar-refractivity contribution in [1.29, 1.82) is 5.26 Å². The molecule has 1 N–H and O–H groups in total. The molecule has 3 heteroatoms. The number of aryl methyl sites for hydroxylation is 1. The van der Waals surface area contributed by atoms with Gasteiger partial charge in [-0.2, -0.15) is 5.26 Å². The number of hydrogen-bond acceptors (Lipinski definition) is 2. The van der Waals surface area contributed by atoms with Crippen molar-refractivity contribution in [2.75, 3.05) is 0 Å². The number of nitriles is 1. The number of rotatable bonds is 3. The minimum Gasteiger partial charge on any atom is -0.378 e. The summed E-state index contributed by atoms with van der Waals surface area (Å²) in [5.74, 6) is 0. The van der Waals surface area contributed by atoms with E-state index in [1.165, 1.54) is 0 Å². The molecule has 1 unspecified atom stereocenters. The summed E-state index contributed by atoms with van der Waals surface area (Å²) in [5, 5.41) is 18.0. The Bertz CT molecular complexity index is 319. The number of benzene rings is 1. The molecule has 1 aromatic carbocycles. The smallest absolute Gasteiger partial charge is 0.140 e. The van der Waals surface area contributed by atoms with Crippen LogP contribution in [0.3, 0.4) is 0 Å². The number of hydrogen-bond donors (Lipinski definition) is 1. The van der Waals surface area contributed by atoms with Crippen LogP contribution in [0.5, 0.6) is 0 Å². The van der Waals surface area contributed by atoms with Crippen molar-refractivity contribution in [2.24, 2.45) is 0 Å². The van der Waals surface area contributed by atoms with Crippen LogP contribution >= 0.6 is 11.6 Å². The summed E-state index contributed by atoms with van der Waals surface area (Å²) in [7, 11) is 0. The first kappa shape index (κ1) is 10.0. The fourth-order valence-electron chi connectivity index (χ4n) is 1.06. The number of nitrogens with zero attached hydrogens (tertiary/aromatic N) is 1. The van der Waals surface area contributed by atoms with E-state index in [1.807, 2.05) is 18.2 Å². The number of halogens is 1. The predicted octanol–water partition coefficient (Wildman–Crippen LogP) is 2.16. The molecule has 1 rings (SSSR count).